The number of carboxylic acid groups (broad SMARTS) is 1. The Kier molecular flexibility index (Phi) is 11.2. The Morgan fingerprint density at radius 1 is 1.07 bits per heavy atom. The van der Waals surface area contributed by atoms with Gasteiger partial charge in [0.1, 0.15) is 11.8 Å². The second-order valence-corrected chi connectivity index (χ2v) is 11.0. The lowest BCUT2D eigenvalue weighted by atomic mass is 10.0. The first-order valence-corrected chi connectivity index (χ1v) is 14.2. The zero-order valence-electron chi connectivity index (χ0n) is 23.2. The number of amides is 1. The number of carboxylic acids is 1. The van der Waals surface area contributed by atoms with Crippen molar-refractivity contribution in [3.63, 3.8) is 0 Å². The van der Waals surface area contributed by atoms with Crippen molar-refractivity contribution in [1.29, 1.82) is 0 Å². The lowest BCUT2D eigenvalue weighted by molar-refractivity contribution is -0.138. The van der Waals surface area contributed by atoms with Gasteiger partial charge in [0.2, 0.25) is 5.91 Å². The number of carbonyl (C=O) groups excluding carboxylic acids is 1. The van der Waals surface area contributed by atoms with Crippen LogP contribution in [0.1, 0.15) is 80.8 Å². The highest BCUT2D eigenvalue weighted by Gasteiger charge is 2.27. The van der Waals surface area contributed by atoms with Gasteiger partial charge in [0, 0.05) is 28.2 Å². The van der Waals surface area contributed by atoms with Crippen LogP contribution in [0.4, 0.5) is 0 Å². The number of benzene rings is 2. The summed E-state index contributed by atoms with van der Waals surface area (Å²) in [5.41, 5.74) is 2.19. The number of hydrogen-bond acceptors (Lipinski definition) is 4. The molecule has 0 spiro atoms. The van der Waals surface area contributed by atoms with E-state index in [2.05, 4.69) is 5.32 Å². The van der Waals surface area contributed by atoms with E-state index in [0.29, 0.717) is 45.3 Å². The van der Waals surface area contributed by atoms with Gasteiger partial charge in [-0.25, -0.2) is 0 Å². The highest BCUT2D eigenvalue weighted by Crippen LogP contribution is 2.28. The van der Waals surface area contributed by atoms with E-state index in [1.54, 1.807) is 54.7 Å². The lowest BCUT2D eigenvalue weighted by Gasteiger charge is -2.25. The third-order valence-electron chi connectivity index (χ3n) is 6.48. The van der Waals surface area contributed by atoms with Gasteiger partial charge in [-0.2, -0.15) is 0 Å². The number of aliphatic carboxylic acids is 1. The number of rotatable bonds is 13. The molecule has 40 heavy (non-hydrogen) atoms. The standard InChI is InChI=1S/C31H36Cl2N2O5/c1-5-6-13-28(30(38)34-27(17-29(36)37)21-9-7-10-23(15-21)40-19(2)3)35-18-20(4)14-22(31(35)39)16-24-25(32)11-8-12-26(24)33/h7-12,14-15,18-19,27-28H,5-6,13,16-17H2,1-4H3,(H,34,38)(H,36,37)/t27-,28?/m0/s1. The molecule has 1 unspecified atom stereocenters. The molecule has 0 fully saturated rings. The molecule has 3 rings (SSSR count). The number of ether oxygens (including phenoxy) is 1. The molecular weight excluding hydrogens is 551 g/mol. The number of nitrogens with zero attached hydrogens (tertiary/aromatic N) is 1. The van der Waals surface area contributed by atoms with Gasteiger partial charge in [0.15, 0.2) is 0 Å². The highest BCUT2D eigenvalue weighted by atomic mass is 35.5. The van der Waals surface area contributed by atoms with E-state index in [1.807, 2.05) is 27.7 Å². The van der Waals surface area contributed by atoms with Crippen molar-refractivity contribution in [1.82, 2.24) is 9.88 Å². The van der Waals surface area contributed by atoms with Crippen molar-refractivity contribution < 1.29 is 19.4 Å². The molecule has 2 aromatic carbocycles. The maximum Gasteiger partial charge on any atom is 0.305 e. The first-order valence-electron chi connectivity index (χ1n) is 13.4. The van der Waals surface area contributed by atoms with Crippen LogP contribution >= 0.6 is 23.2 Å². The van der Waals surface area contributed by atoms with E-state index in [9.17, 15) is 19.5 Å². The van der Waals surface area contributed by atoms with Gasteiger partial charge in [0.05, 0.1) is 18.6 Å². The van der Waals surface area contributed by atoms with Crippen LogP contribution in [-0.4, -0.2) is 27.7 Å². The van der Waals surface area contributed by atoms with Crippen molar-refractivity contribution in [3.05, 3.63) is 97.4 Å². The number of carbonyl (C=O) groups is 2. The molecule has 0 radical (unpaired) electrons. The van der Waals surface area contributed by atoms with Crippen LogP contribution in [0.2, 0.25) is 10.0 Å². The Labute approximate surface area is 245 Å². The van der Waals surface area contributed by atoms with Gasteiger partial charge in [-0.1, -0.05) is 61.2 Å². The zero-order chi connectivity index (χ0) is 29.4. The van der Waals surface area contributed by atoms with E-state index in [0.717, 1.165) is 12.0 Å². The van der Waals surface area contributed by atoms with E-state index in [1.165, 1.54) is 4.57 Å². The number of halogens is 2. The van der Waals surface area contributed by atoms with Crippen molar-refractivity contribution in [3.8, 4) is 5.75 Å². The molecule has 1 amide bonds. The lowest BCUT2D eigenvalue weighted by Crippen LogP contribution is -2.40. The summed E-state index contributed by atoms with van der Waals surface area (Å²) in [6.45, 7) is 7.66. The number of pyridine rings is 1. The molecule has 9 heteroatoms. The summed E-state index contributed by atoms with van der Waals surface area (Å²) in [6, 6.07) is 12.4. The van der Waals surface area contributed by atoms with E-state index >= 15 is 0 Å². The Hall–Kier alpha value is -3.29. The van der Waals surface area contributed by atoms with Crippen LogP contribution in [0.5, 0.6) is 5.75 Å². The molecule has 214 valence electrons. The fourth-order valence-corrected chi connectivity index (χ4v) is 5.16. The fraction of sp³-hybridized carbons (Fsp3) is 0.387. The first-order chi connectivity index (χ1) is 19.0. The molecule has 0 saturated heterocycles. The van der Waals surface area contributed by atoms with Crippen LogP contribution in [0, 0.1) is 6.92 Å². The number of unbranched alkanes of at least 4 members (excludes halogenated alkanes) is 1. The van der Waals surface area contributed by atoms with Gasteiger partial charge >= 0.3 is 5.97 Å². The topological polar surface area (TPSA) is 97.6 Å². The van der Waals surface area contributed by atoms with Crippen molar-refractivity contribution >= 4 is 35.1 Å². The van der Waals surface area contributed by atoms with Crippen LogP contribution in [0.3, 0.4) is 0 Å². The quantitative estimate of drug-likeness (QED) is 0.227. The molecule has 0 aliphatic heterocycles. The summed E-state index contributed by atoms with van der Waals surface area (Å²) in [5, 5.41) is 13.4. The molecule has 1 aromatic heterocycles. The predicted octanol–water partition coefficient (Wildman–Crippen LogP) is 6.91. The molecule has 2 atom stereocenters. The van der Waals surface area contributed by atoms with Crippen molar-refractivity contribution in [2.75, 3.05) is 0 Å². The smallest absolute Gasteiger partial charge is 0.305 e. The van der Waals surface area contributed by atoms with Crippen molar-refractivity contribution in [2.45, 2.75) is 78.0 Å². The minimum atomic E-state index is -1.06. The van der Waals surface area contributed by atoms with E-state index in [-0.39, 0.29) is 24.5 Å². The number of hydrogen-bond donors (Lipinski definition) is 2. The summed E-state index contributed by atoms with van der Waals surface area (Å²) >= 11 is 12.7. The predicted molar refractivity (Wildman–Crippen MR) is 159 cm³/mol. The molecule has 3 aromatic rings. The third-order valence-corrected chi connectivity index (χ3v) is 7.19. The van der Waals surface area contributed by atoms with Gasteiger partial charge in [-0.3, -0.25) is 14.4 Å². The largest absolute Gasteiger partial charge is 0.491 e. The molecule has 1 heterocycles. The van der Waals surface area contributed by atoms with Gasteiger partial charge in [-0.05, 0) is 74.2 Å². The van der Waals surface area contributed by atoms with Crippen molar-refractivity contribution in [2.24, 2.45) is 0 Å². The average molecular weight is 588 g/mol. The summed E-state index contributed by atoms with van der Waals surface area (Å²) in [6.07, 6.45) is 3.42. The normalized spacial score (nSPS) is 12.7. The molecule has 0 aliphatic rings. The van der Waals surface area contributed by atoms with Gasteiger partial charge in [0.25, 0.3) is 5.56 Å². The monoisotopic (exact) mass is 586 g/mol. The maximum atomic E-state index is 13.8. The second-order valence-electron chi connectivity index (χ2n) is 10.2. The molecule has 0 aliphatic carbocycles. The summed E-state index contributed by atoms with van der Waals surface area (Å²) in [4.78, 5) is 39.3. The van der Waals surface area contributed by atoms with E-state index in [4.69, 9.17) is 27.9 Å². The van der Waals surface area contributed by atoms with Crippen LogP contribution < -0.4 is 15.6 Å². The number of nitrogens with one attached hydrogen (secondary N) is 1. The van der Waals surface area contributed by atoms with Gasteiger partial charge in [-0.15, -0.1) is 0 Å². The van der Waals surface area contributed by atoms with Gasteiger partial charge < -0.3 is 19.7 Å². The Bertz CT molecular complexity index is 1380. The number of aromatic nitrogens is 1. The zero-order valence-corrected chi connectivity index (χ0v) is 24.8. The molecule has 0 bridgehead atoms. The Morgan fingerprint density at radius 3 is 2.38 bits per heavy atom. The number of aryl methyl sites for hydroxylation is 1. The molecular formula is C31H36Cl2N2O5. The third kappa shape index (κ3) is 8.35. The summed E-state index contributed by atoms with van der Waals surface area (Å²) in [5.74, 6) is -0.904. The fourth-order valence-electron chi connectivity index (χ4n) is 4.63. The van der Waals surface area contributed by atoms with E-state index < -0.39 is 24.0 Å². The summed E-state index contributed by atoms with van der Waals surface area (Å²) in [7, 11) is 0. The summed E-state index contributed by atoms with van der Waals surface area (Å²) < 4.78 is 7.22. The Balaban J connectivity index is 1.99. The van der Waals surface area contributed by atoms with Crippen LogP contribution in [0.15, 0.2) is 59.5 Å². The first kappa shape index (κ1) is 31.2. The molecule has 2 N–H and O–H groups in total. The molecule has 0 saturated carbocycles. The SMILES string of the molecule is CCCCC(C(=O)N[C@@H](CC(=O)O)c1cccc(OC(C)C)c1)n1cc(C)cc(Cc2c(Cl)cccc2Cl)c1=O. The Morgan fingerprint density at radius 2 is 1.75 bits per heavy atom. The minimum absolute atomic E-state index is 0.0655. The average Bonchev–Trinajstić information content (AvgIpc) is 2.88. The maximum absolute atomic E-state index is 13.8. The second kappa shape index (κ2) is 14.4. The van der Waals surface area contributed by atoms with Crippen LogP contribution in [0.25, 0.3) is 0 Å². The van der Waals surface area contributed by atoms with Crippen LogP contribution in [-0.2, 0) is 16.0 Å². The highest BCUT2D eigenvalue weighted by molar-refractivity contribution is 6.36. The molecule has 7 nitrogen and oxygen atoms in total. The minimum Gasteiger partial charge on any atom is -0.491 e.